The molecule has 27 heavy (non-hydrogen) atoms. The molecule has 0 radical (unpaired) electrons. The van der Waals surface area contributed by atoms with E-state index in [1.54, 1.807) is 18.3 Å². The number of aromatic carboxylic acids is 1. The number of benzene rings is 1. The van der Waals surface area contributed by atoms with Gasteiger partial charge in [0.15, 0.2) is 0 Å². The summed E-state index contributed by atoms with van der Waals surface area (Å²) >= 11 is 0. The van der Waals surface area contributed by atoms with Crippen LogP contribution in [0.25, 0.3) is 16.5 Å². The van der Waals surface area contributed by atoms with Gasteiger partial charge in [-0.3, -0.25) is 0 Å². The molecule has 8 heteroatoms. The number of nitrogens with zero attached hydrogens (tertiary/aromatic N) is 2. The normalized spacial score (nSPS) is 15.8. The number of hydrogen-bond acceptors (Lipinski definition) is 5. The van der Waals surface area contributed by atoms with E-state index in [1.165, 1.54) is 10.0 Å². The van der Waals surface area contributed by atoms with Crippen molar-refractivity contribution >= 4 is 32.5 Å². The Hall–Kier alpha value is -2.84. The molecule has 7 nitrogen and oxygen atoms in total. The molecule has 1 N–H and O–H groups in total. The summed E-state index contributed by atoms with van der Waals surface area (Å²) in [6.07, 6.45) is 4.53. The van der Waals surface area contributed by atoms with E-state index in [2.05, 4.69) is 11.0 Å². The number of para-hydroxylation sites is 1. The topological polar surface area (TPSA) is 92.8 Å². The summed E-state index contributed by atoms with van der Waals surface area (Å²) in [5.41, 5.74) is 2.50. The molecule has 0 aliphatic carbocycles. The molecule has 3 aromatic rings. The number of furan rings is 1. The van der Waals surface area contributed by atoms with Crippen molar-refractivity contribution in [3.05, 3.63) is 60.0 Å². The van der Waals surface area contributed by atoms with Crippen molar-refractivity contribution in [1.29, 1.82) is 0 Å². The van der Waals surface area contributed by atoms with Gasteiger partial charge in [-0.05, 0) is 37.2 Å². The van der Waals surface area contributed by atoms with Gasteiger partial charge in [0.05, 0.1) is 5.52 Å². The third kappa shape index (κ3) is 2.96. The first-order chi connectivity index (χ1) is 12.9. The maximum absolute atomic E-state index is 13.1. The van der Waals surface area contributed by atoms with E-state index < -0.39 is 26.8 Å². The Bertz CT molecular complexity index is 1170. The third-order valence-corrected chi connectivity index (χ3v) is 6.29. The molecule has 0 saturated heterocycles. The molecule has 0 amide bonds. The second kappa shape index (κ2) is 6.40. The van der Waals surface area contributed by atoms with Gasteiger partial charge in [-0.1, -0.05) is 24.3 Å². The maximum Gasteiger partial charge on any atom is 0.371 e. The molecule has 0 bridgehead atoms. The number of fused-ring (bicyclic) bond motifs is 1. The second-order valence-electron chi connectivity index (χ2n) is 6.53. The lowest BCUT2D eigenvalue weighted by molar-refractivity contribution is 0.0656. The monoisotopic (exact) mass is 386 g/mol. The number of carboxylic acids is 1. The largest absolute Gasteiger partial charge is 0.475 e. The molecule has 1 aromatic carbocycles. The molecule has 0 atom stereocenters. The fraction of sp³-hybridized carbons (Fsp3) is 0.211. The van der Waals surface area contributed by atoms with Crippen LogP contribution in [0.5, 0.6) is 0 Å². The minimum Gasteiger partial charge on any atom is -0.475 e. The fourth-order valence-electron chi connectivity index (χ4n) is 3.29. The summed E-state index contributed by atoms with van der Waals surface area (Å²) in [6, 6.07) is 9.57. The first kappa shape index (κ1) is 17.6. The third-order valence-electron chi connectivity index (χ3n) is 4.74. The second-order valence-corrected chi connectivity index (χ2v) is 8.27. The lowest BCUT2D eigenvalue weighted by atomic mass is 9.99. The van der Waals surface area contributed by atoms with Crippen molar-refractivity contribution in [2.24, 2.45) is 0 Å². The van der Waals surface area contributed by atoms with Gasteiger partial charge in [0.1, 0.15) is 0 Å². The van der Waals surface area contributed by atoms with Gasteiger partial charge in [-0.15, -0.1) is 0 Å². The van der Waals surface area contributed by atoms with Crippen molar-refractivity contribution in [2.45, 2.75) is 11.5 Å². The van der Waals surface area contributed by atoms with Crippen LogP contribution in [-0.2, 0) is 10.0 Å². The van der Waals surface area contributed by atoms with E-state index in [0.29, 0.717) is 5.52 Å². The Labute approximate surface area is 156 Å². The molecule has 2 aromatic heterocycles. The molecule has 0 spiro atoms. The van der Waals surface area contributed by atoms with E-state index in [0.717, 1.165) is 42.1 Å². The van der Waals surface area contributed by atoms with Gasteiger partial charge in [-0.2, -0.15) is 8.42 Å². The minimum absolute atomic E-state index is 0.399. The molecule has 4 rings (SSSR count). The van der Waals surface area contributed by atoms with Crippen LogP contribution in [0.1, 0.15) is 22.5 Å². The number of carbonyl (C=O) groups is 1. The maximum atomic E-state index is 13.1. The zero-order valence-electron chi connectivity index (χ0n) is 14.6. The van der Waals surface area contributed by atoms with Crippen LogP contribution >= 0.6 is 0 Å². The number of hydrogen-bond donors (Lipinski definition) is 1. The predicted molar refractivity (Wildman–Crippen MR) is 100 cm³/mol. The zero-order valence-corrected chi connectivity index (χ0v) is 15.4. The van der Waals surface area contributed by atoms with Crippen molar-refractivity contribution < 1.29 is 22.7 Å². The van der Waals surface area contributed by atoms with Gasteiger partial charge >= 0.3 is 16.0 Å². The predicted octanol–water partition coefficient (Wildman–Crippen LogP) is 2.89. The quantitative estimate of drug-likeness (QED) is 0.741. The Morgan fingerprint density at radius 3 is 2.63 bits per heavy atom. The van der Waals surface area contributed by atoms with Gasteiger partial charge in [0.25, 0.3) is 0 Å². The molecular weight excluding hydrogens is 368 g/mol. The van der Waals surface area contributed by atoms with Crippen LogP contribution < -0.4 is 0 Å². The molecule has 0 saturated carbocycles. The summed E-state index contributed by atoms with van der Waals surface area (Å²) in [7, 11) is -2.02. The van der Waals surface area contributed by atoms with E-state index in [1.807, 2.05) is 19.2 Å². The molecule has 140 valence electrons. The highest BCUT2D eigenvalue weighted by molar-refractivity contribution is 7.90. The number of likely N-dealkylation sites (N-methyl/N-ethyl adjacent to an activating group) is 1. The first-order valence-electron chi connectivity index (χ1n) is 8.44. The Balaban J connectivity index is 1.88. The van der Waals surface area contributed by atoms with E-state index in [-0.39, 0.29) is 0 Å². The van der Waals surface area contributed by atoms with Gasteiger partial charge in [-0.25, -0.2) is 8.77 Å². The van der Waals surface area contributed by atoms with Crippen LogP contribution in [-0.4, -0.2) is 48.5 Å². The Morgan fingerprint density at radius 1 is 1.19 bits per heavy atom. The number of aromatic nitrogens is 1. The Morgan fingerprint density at radius 2 is 1.96 bits per heavy atom. The number of rotatable bonds is 4. The van der Waals surface area contributed by atoms with Crippen LogP contribution in [0.2, 0.25) is 0 Å². The molecule has 0 fully saturated rings. The molecule has 3 heterocycles. The summed E-state index contributed by atoms with van der Waals surface area (Å²) in [6.45, 7) is 1.71. The smallest absolute Gasteiger partial charge is 0.371 e. The van der Waals surface area contributed by atoms with E-state index in [4.69, 9.17) is 9.52 Å². The highest BCUT2D eigenvalue weighted by atomic mass is 32.2. The van der Waals surface area contributed by atoms with Crippen molar-refractivity contribution in [1.82, 2.24) is 8.87 Å². The van der Waals surface area contributed by atoms with E-state index >= 15 is 0 Å². The lowest BCUT2D eigenvalue weighted by Crippen LogP contribution is -2.23. The molecule has 0 unspecified atom stereocenters. The van der Waals surface area contributed by atoms with Crippen LogP contribution in [0.4, 0.5) is 0 Å². The highest BCUT2D eigenvalue weighted by Crippen LogP contribution is 2.33. The van der Waals surface area contributed by atoms with Gasteiger partial charge in [0.2, 0.25) is 10.9 Å². The molecule has 1 aliphatic heterocycles. The average Bonchev–Trinajstić information content (AvgIpc) is 3.29. The van der Waals surface area contributed by atoms with Gasteiger partial charge in [0, 0.05) is 30.2 Å². The SMILES string of the molecule is CN1CC=C(c2cn(S(=O)(=O)c3ccc(C(=O)O)o3)c3ccccc23)CC1. The van der Waals surface area contributed by atoms with Crippen LogP contribution in [0.15, 0.2) is 58.2 Å². The average molecular weight is 386 g/mol. The first-order valence-corrected chi connectivity index (χ1v) is 9.88. The minimum atomic E-state index is -4.06. The molecule has 1 aliphatic rings. The van der Waals surface area contributed by atoms with Crippen molar-refractivity contribution in [2.75, 3.05) is 20.1 Å². The Kier molecular flexibility index (Phi) is 4.16. The van der Waals surface area contributed by atoms with Crippen LogP contribution in [0.3, 0.4) is 0 Å². The van der Waals surface area contributed by atoms with E-state index in [9.17, 15) is 13.2 Å². The molecular formula is C19H18N2O5S. The lowest BCUT2D eigenvalue weighted by Gasteiger charge is -2.21. The summed E-state index contributed by atoms with van der Waals surface area (Å²) < 4.78 is 32.4. The summed E-state index contributed by atoms with van der Waals surface area (Å²) in [4.78, 5) is 13.2. The summed E-state index contributed by atoms with van der Waals surface area (Å²) in [5.74, 6) is -1.73. The standard InChI is InChI=1S/C19H18N2O5S/c1-20-10-8-13(9-11-20)15-12-21(16-5-3-2-4-14(15)16)27(24,25)18-7-6-17(26-18)19(22)23/h2-8,12H,9-11H2,1H3,(H,22,23). The zero-order chi connectivity index (χ0) is 19.2. The van der Waals surface area contributed by atoms with Crippen molar-refractivity contribution in [3.8, 4) is 0 Å². The number of carboxylic acid groups (broad SMARTS) is 1. The van der Waals surface area contributed by atoms with Crippen LogP contribution in [0, 0.1) is 0 Å². The highest BCUT2D eigenvalue weighted by Gasteiger charge is 2.26. The fourth-order valence-corrected chi connectivity index (χ4v) is 4.58. The van der Waals surface area contributed by atoms with Crippen molar-refractivity contribution in [3.63, 3.8) is 0 Å². The summed E-state index contributed by atoms with van der Waals surface area (Å²) in [5, 5.41) is 9.43. The van der Waals surface area contributed by atoms with Gasteiger partial charge < -0.3 is 14.4 Å².